The van der Waals surface area contributed by atoms with Crippen molar-refractivity contribution < 1.29 is 14.7 Å². The molecule has 0 aromatic rings. The molecule has 0 aliphatic heterocycles. The van der Waals surface area contributed by atoms with E-state index in [9.17, 15) is 9.59 Å². The zero-order chi connectivity index (χ0) is 18.2. The Morgan fingerprint density at radius 3 is 2.12 bits per heavy atom. The zero-order valence-electron chi connectivity index (χ0n) is 14.9. The third-order valence-electron chi connectivity index (χ3n) is 3.84. The van der Waals surface area contributed by atoms with Gasteiger partial charge in [-0.15, -0.1) is 0 Å². The third-order valence-corrected chi connectivity index (χ3v) is 3.84. The number of rotatable bonds is 15. The smallest absolute Gasteiger partial charge is 0.326 e. The highest BCUT2D eigenvalue weighted by molar-refractivity contribution is 5.83. The minimum Gasteiger partial charge on any atom is -0.480 e. The Labute approximate surface area is 145 Å². The van der Waals surface area contributed by atoms with E-state index in [0.29, 0.717) is 25.8 Å². The van der Waals surface area contributed by atoms with E-state index >= 15 is 0 Å². The summed E-state index contributed by atoms with van der Waals surface area (Å²) in [6.45, 7) is 2.56. The maximum atomic E-state index is 11.8. The summed E-state index contributed by atoms with van der Waals surface area (Å²) in [6.07, 6.45) is 10.5. The molecule has 7 heteroatoms. The molecule has 0 heterocycles. The molecule has 0 spiro atoms. The van der Waals surface area contributed by atoms with Crippen molar-refractivity contribution in [2.45, 2.75) is 83.6 Å². The van der Waals surface area contributed by atoms with E-state index in [1.54, 1.807) is 0 Å². The number of hydrogen-bond acceptors (Lipinski definition) is 3. The second-order valence-corrected chi connectivity index (χ2v) is 6.13. The predicted octanol–water partition coefficient (Wildman–Crippen LogP) is 2.14. The summed E-state index contributed by atoms with van der Waals surface area (Å²) < 4.78 is 0. The maximum absolute atomic E-state index is 11.8. The first-order valence-electron chi connectivity index (χ1n) is 9.05. The average molecular weight is 342 g/mol. The fourth-order valence-corrected chi connectivity index (χ4v) is 2.45. The summed E-state index contributed by atoms with van der Waals surface area (Å²) in [5.74, 6) is -1.24. The van der Waals surface area contributed by atoms with Gasteiger partial charge in [0, 0.05) is 13.0 Å². The maximum Gasteiger partial charge on any atom is 0.326 e. The topological polar surface area (TPSA) is 131 Å². The highest BCUT2D eigenvalue weighted by Gasteiger charge is 2.18. The number of carboxylic acids is 1. The molecule has 0 unspecified atom stereocenters. The van der Waals surface area contributed by atoms with Crippen molar-refractivity contribution in [1.82, 2.24) is 5.32 Å². The van der Waals surface area contributed by atoms with E-state index < -0.39 is 12.0 Å². The Kier molecular flexibility index (Phi) is 13.7. The van der Waals surface area contributed by atoms with Gasteiger partial charge in [-0.25, -0.2) is 4.79 Å². The number of carbonyl (C=O) groups excluding carboxylic acids is 1. The Morgan fingerprint density at radius 1 is 1.00 bits per heavy atom. The van der Waals surface area contributed by atoms with E-state index in [1.807, 2.05) is 0 Å². The molecule has 1 atom stereocenters. The van der Waals surface area contributed by atoms with Crippen molar-refractivity contribution in [1.29, 1.82) is 0 Å². The SMILES string of the molecule is CCCCCCCCCCC(=O)N[C@@H](CCCN=C(N)N)C(=O)O. The minimum atomic E-state index is -1.02. The Balaban J connectivity index is 3.79. The van der Waals surface area contributed by atoms with Gasteiger partial charge in [0.15, 0.2) is 5.96 Å². The summed E-state index contributed by atoms with van der Waals surface area (Å²) in [5.41, 5.74) is 10.4. The molecule has 0 rings (SSSR count). The van der Waals surface area contributed by atoms with Crippen LogP contribution in [0.1, 0.15) is 77.6 Å². The lowest BCUT2D eigenvalue weighted by molar-refractivity contribution is -0.142. The Hall–Kier alpha value is -1.79. The van der Waals surface area contributed by atoms with Crippen molar-refractivity contribution in [3.63, 3.8) is 0 Å². The number of carboxylic acid groups (broad SMARTS) is 1. The van der Waals surface area contributed by atoms with Crippen LogP contribution in [0.4, 0.5) is 0 Å². The van der Waals surface area contributed by atoms with Gasteiger partial charge in [0.25, 0.3) is 0 Å². The Morgan fingerprint density at radius 2 is 1.58 bits per heavy atom. The molecule has 7 nitrogen and oxygen atoms in total. The number of unbranched alkanes of at least 4 members (excludes halogenated alkanes) is 7. The summed E-state index contributed by atoms with van der Waals surface area (Å²) >= 11 is 0. The monoisotopic (exact) mass is 342 g/mol. The van der Waals surface area contributed by atoms with Crippen LogP contribution >= 0.6 is 0 Å². The van der Waals surface area contributed by atoms with Gasteiger partial charge in [0.2, 0.25) is 5.91 Å². The summed E-state index contributed by atoms with van der Waals surface area (Å²) in [5, 5.41) is 11.7. The van der Waals surface area contributed by atoms with Crippen LogP contribution in [0.15, 0.2) is 4.99 Å². The van der Waals surface area contributed by atoms with Crippen LogP contribution in [-0.2, 0) is 9.59 Å². The number of nitrogens with one attached hydrogen (secondary N) is 1. The van der Waals surface area contributed by atoms with Gasteiger partial charge in [-0.3, -0.25) is 9.79 Å². The molecule has 24 heavy (non-hydrogen) atoms. The summed E-state index contributed by atoms with van der Waals surface area (Å²) in [6, 6.07) is -0.874. The van der Waals surface area contributed by atoms with Crippen LogP contribution in [0.5, 0.6) is 0 Å². The molecule has 0 aromatic carbocycles. The molecule has 0 aliphatic rings. The predicted molar refractivity (Wildman–Crippen MR) is 96.7 cm³/mol. The van der Waals surface area contributed by atoms with Gasteiger partial charge in [-0.05, 0) is 19.3 Å². The fraction of sp³-hybridized carbons (Fsp3) is 0.824. The number of nitrogens with two attached hydrogens (primary N) is 2. The van der Waals surface area contributed by atoms with E-state index in [4.69, 9.17) is 16.6 Å². The van der Waals surface area contributed by atoms with Gasteiger partial charge >= 0.3 is 5.97 Å². The molecule has 0 fully saturated rings. The molecule has 0 saturated carbocycles. The summed E-state index contributed by atoms with van der Waals surface area (Å²) in [4.78, 5) is 26.8. The van der Waals surface area contributed by atoms with Crippen LogP contribution in [0, 0.1) is 0 Å². The van der Waals surface area contributed by atoms with Crippen molar-refractivity contribution in [2.24, 2.45) is 16.5 Å². The summed E-state index contributed by atoms with van der Waals surface area (Å²) in [7, 11) is 0. The molecule has 6 N–H and O–H groups in total. The molecule has 140 valence electrons. The normalized spacial score (nSPS) is 11.7. The molecule has 0 bridgehead atoms. The van der Waals surface area contributed by atoms with Gasteiger partial charge in [-0.2, -0.15) is 0 Å². The second-order valence-electron chi connectivity index (χ2n) is 6.13. The first kappa shape index (κ1) is 22.2. The van der Waals surface area contributed by atoms with Gasteiger partial charge in [0.05, 0.1) is 0 Å². The fourth-order valence-electron chi connectivity index (χ4n) is 2.45. The lowest BCUT2D eigenvalue weighted by Gasteiger charge is -2.14. The van der Waals surface area contributed by atoms with E-state index in [-0.39, 0.29) is 11.9 Å². The number of aliphatic imine (C=N–C) groups is 1. The lowest BCUT2D eigenvalue weighted by Crippen LogP contribution is -2.40. The minimum absolute atomic E-state index is 0.0133. The van der Waals surface area contributed by atoms with Crippen molar-refractivity contribution in [2.75, 3.05) is 6.54 Å². The first-order chi connectivity index (χ1) is 11.5. The highest BCUT2D eigenvalue weighted by atomic mass is 16.4. The Bertz CT molecular complexity index is 382. The first-order valence-corrected chi connectivity index (χ1v) is 9.05. The van der Waals surface area contributed by atoms with Gasteiger partial charge in [0.1, 0.15) is 6.04 Å². The number of hydrogen-bond donors (Lipinski definition) is 4. The standard InChI is InChI=1S/C17H34N4O3/c1-2-3-4-5-6-7-8-9-12-15(22)21-14(16(23)24)11-10-13-20-17(18)19/h14H,2-13H2,1H3,(H,21,22)(H,23,24)(H4,18,19,20)/t14-/m0/s1. The molecule has 0 radical (unpaired) electrons. The molecule has 0 saturated heterocycles. The molecule has 1 amide bonds. The molecule has 0 aliphatic carbocycles. The van der Waals surface area contributed by atoms with Crippen molar-refractivity contribution in [3.8, 4) is 0 Å². The quantitative estimate of drug-likeness (QED) is 0.206. The zero-order valence-corrected chi connectivity index (χ0v) is 14.9. The van der Waals surface area contributed by atoms with Crippen LogP contribution in [0.25, 0.3) is 0 Å². The van der Waals surface area contributed by atoms with Gasteiger partial charge < -0.3 is 21.9 Å². The largest absolute Gasteiger partial charge is 0.480 e. The average Bonchev–Trinajstić information content (AvgIpc) is 2.52. The van der Waals surface area contributed by atoms with Crippen molar-refractivity contribution >= 4 is 17.8 Å². The number of amides is 1. The molecular weight excluding hydrogens is 308 g/mol. The van der Waals surface area contributed by atoms with Crippen LogP contribution < -0.4 is 16.8 Å². The van der Waals surface area contributed by atoms with Crippen molar-refractivity contribution in [3.05, 3.63) is 0 Å². The van der Waals surface area contributed by atoms with E-state index in [2.05, 4.69) is 17.2 Å². The van der Waals surface area contributed by atoms with Gasteiger partial charge in [-0.1, -0.05) is 51.9 Å². The number of carbonyl (C=O) groups is 2. The van der Waals surface area contributed by atoms with E-state index in [1.165, 1.54) is 32.1 Å². The van der Waals surface area contributed by atoms with Crippen LogP contribution in [0.2, 0.25) is 0 Å². The third kappa shape index (κ3) is 13.8. The molecule has 0 aromatic heterocycles. The van der Waals surface area contributed by atoms with Crippen LogP contribution in [-0.4, -0.2) is 35.5 Å². The van der Waals surface area contributed by atoms with E-state index in [0.717, 1.165) is 19.3 Å². The number of aliphatic carboxylic acids is 1. The number of guanidine groups is 1. The lowest BCUT2D eigenvalue weighted by atomic mass is 10.1. The number of nitrogens with zero attached hydrogens (tertiary/aromatic N) is 1. The molecular formula is C17H34N4O3. The second kappa shape index (κ2) is 14.8. The van der Waals surface area contributed by atoms with Crippen LogP contribution in [0.3, 0.4) is 0 Å². The highest BCUT2D eigenvalue weighted by Crippen LogP contribution is 2.09.